The molecule has 7 aromatic rings. The highest BCUT2D eigenvalue weighted by atomic mass is 15.2. The molecule has 2 heterocycles. The van der Waals surface area contributed by atoms with Gasteiger partial charge >= 0.3 is 0 Å². The zero-order valence-corrected chi connectivity index (χ0v) is 41.0. The molecule has 3 heteroatoms. The van der Waals surface area contributed by atoms with Crippen LogP contribution in [0.4, 0.5) is 34.1 Å². The quantitative estimate of drug-likeness (QED) is 0.163. The lowest BCUT2D eigenvalue weighted by atomic mass is 9.33. The van der Waals surface area contributed by atoms with Crippen molar-refractivity contribution in [2.24, 2.45) is 0 Å². The Morgan fingerprint density at radius 3 is 1.69 bits per heavy atom. The second-order valence-corrected chi connectivity index (χ2v) is 23.7. The highest BCUT2D eigenvalue weighted by Crippen LogP contribution is 2.54. The molecular formula is C62H67BN2. The average molecular weight is 854 g/mol. The zero-order chi connectivity index (χ0) is 48.7. The summed E-state index contributed by atoms with van der Waals surface area (Å²) >= 11 is 0. The summed E-state index contributed by atoms with van der Waals surface area (Å²) in [5.41, 5.74) is 20.5. The number of aryl methyl sites for hydroxylation is 1. The number of fused-ring (bicyclic) bond motifs is 5. The Balaban J connectivity index is 1.38. The fourth-order valence-electron chi connectivity index (χ4n) is 11.6. The van der Waals surface area contributed by atoms with Crippen LogP contribution in [0.1, 0.15) is 134 Å². The van der Waals surface area contributed by atoms with Gasteiger partial charge < -0.3 is 9.80 Å². The molecule has 10 rings (SSSR count). The van der Waals surface area contributed by atoms with Crippen LogP contribution in [0.25, 0.3) is 22.3 Å². The summed E-state index contributed by atoms with van der Waals surface area (Å²) in [6.07, 6.45) is 1.03. The molecule has 3 aliphatic rings. The summed E-state index contributed by atoms with van der Waals surface area (Å²) in [4.78, 5) is 4.85. The van der Waals surface area contributed by atoms with Crippen molar-refractivity contribution in [2.45, 2.75) is 130 Å². The topological polar surface area (TPSA) is 6.48 Å². The Morgan fingerprint density at radius 2 is 1.03 bits per heavy atom. The molecule has 0 saturated carbocycles. The zero-order valence-electron chi connectivity index (χ0n) is 44.0. The van der Waals surface area contributed by atoms with Crippen LogP contribution in [0.5, 0.6) is 0 Å². The van der Waals surface area contributed by atoms with Crippen molar-refractivity contribution in [1.82, 2.24) is 0 Å². The van der Waals surface area contributed by atoms with Gasteiger partial charge in [0.15, 0.2) is 0 Å². The molecule has 0 bridgehead atoms. The van der Waals surface area contributed by atoms with Gasteiger partial charge in [0.2, 0.25) is 0 Å². The standard InChI is InChI=1S/C62H67BN2/c1-39-31-55-57-56(32-39)65(52-30-28-42(59(5,6)7)34-47(52)46-26-19-18-25-45(46)40-21-16-15-17-22-40)54-37-49-48(61(11,12)38-62(49,13)14)36-51(54)63(57)50-29-27-43(60(8,9)10)35-53(50)64(55)44-24-20-23-41(33-44)58(2,3)4/h15-37H,38H2,1-14H3/i1D3. The summed E-state index contributed by atoms with van der Waals surface area (Å²) in [6.45, 7) is 27.5. The second-order valence-electron chi connectivity index (χ2n) is 23.7. The Kier molecular flexibility index (Phi) is 8.89. The molecule has 0 spiro atoms. The monoisotopic (exact) mass is 854 g/mol. The highest BCUT2D eigenvalue weighted by molar-refractivity contribution is 7.00. The van der Waals surface area contributed by atoms with E-state index in [-0.39, 0.29) is 33.8 Å². The van der Waals surface area contributed by atoms with Gasteiger partial charge in [-0.1, -0.05) is 181 Å². The van der Waals surface area contributed by atoms with E-state index in [9.17, 15) is 4.11 Å². The van der Waals surface area contributed by atoms with Crippen LogP contribution in [0.3, 0.4) is 0 Å². The van der Waals surface area contributed by atoms with E-state index in [1.165, 1.54) is 38.7 Å². The maximum Gasteiger partial charge on any atom is 0.252 e. The lowest BCUT2D eigenvalue weighted by Crippen LogP contribution is -2.61. The Bertz CT molecular complexity index is 3160. The first-order chi connectivity index (χ1) is 31.7. The molecule has 328 valence electrons. The molecule has 7 aromatic carbocycles. The van der Waals surface area contributed by atoms with Crippen LogP contribution >= 0.6 is 0 Å². The smallest absolute Gasteiger partial charge is 0.252 e. The van der Waals surface area contributed by atoms with Crippen LogP contribution < -0.4 is 26.2 Å². The van der Waals surface area contributed by atoms with E-state index in [1.54, 1.807) is 0 Å². The van der Waals surface area contributed by atoms with E-state index in [0.29, 0.717) is 5.56 Å². The molecule has 0 atom stereocenters. The van der Waals surface area contributed by atoms with Crippen molar-refractivity contribution in [2.75, 3.05) is 9.80 Å². The largest absolute Gasteiger partial charge is 0.311 e. The van der Waals surface area contributed by atoms with Crippen LogP contribution in [-0.2, 0) is 27.1 Å². The molecule has 1 aliphatic carbocycles. The van der Waals surface area contributed by atoms with Crippen molar-refractivity contribution in [3.05, 3.63) is 173 Å². The van der Waals surface area contributed by atoms with Crippen molar-refractivity contribution in [3.63, 3.8) is 0 Å². The second kappa shape index (κ2) is 14.6. The summed E-state index contributed by atoms with van der Waals surface area (Å²) in [5.74, 6) is 0. The summed E-state index contributed by atoms with van der Waals surface area (Å²) in [6, 6.07) is 51.5. The van der Waals surface area contributed by atoms with E-state index < -0.39 is 6.85 Å². The van der Waals surface area contributed by atoms with Crippen molar-refractivity contribution >= 4 is 57.2 Å². The van der Waals surface area contributed by atoms with Crippen molar-refractivity contribution in [1.29, 1.82) is 0 Å². The van der Waals surface area contributed by atoms with E-state index in [4.69, 9.17) is 0 Å². The first-order valence-electron chi connectivity index (χ1n) is 25.3. The minimum atomic E-state index is -2.39. The molecule has 0 radical (unpaired) electrons. The number of hydrogen-bond donors (Lipinski definition) is 0. The number of hydrogen-bond acceptors (Lipinski definition) is 2. The summed E-state index contributed by atoms with van der Waals surface area (Å²) < 4.78 is 27.5. The van der Waals surface area contributed by atoms with E-state index in [1.807, 2.05) is 12.1 Å². The minimum absolute atomic E-state index is 0.0475. The third kappa shape index (κ3) is 7.08. The van der Waals surface area contributed by atoms with E-state index >= 15 is 0 Å². The molecule has 0 aromatic heterocycles. The Labute approximate surface area is 395 Å². The number of anilines is 6. The van der Waals surface area contributed by atoms with Gasteiger partial charge in [0.25, 0.3) is 6.71 Å². The van der Waals surface area contributed by atoms with Crippen molar-refractivity contribution in [3.8, 4) is 22.3 Å². The van der Waals surface area contributed by atoms with Crippen LogP contribution in [0, 0.1) is 6.85 Å². The number of rotatable bonds is 4. The van der Waals surface area contributed by atoms with Gasteiger partial charge in [-0.15, -0.1) is 0 Å². The van der Waals surface area contributed by atoms with E-state index in [0.717, 1.165) is 68.3 Å². The van der Waals surface area contributed by atoms with Crippen LogP contribution in [-0.4, -0.2) is 6.71 Å². The average Bonchev–Trinajstić information content (AvgIpc) is 3.45. The van der Waals surface area contributed by atoms with Gasteiger partial charge in [-0.3, -0.25) is 0 Å². The van der Waals surface area contributed by atoms with Crippen LogP contribution in [0.2, 0.25) is 0 Å². The minimum Gasteiger partial charge on any atom is -0.311 e. The highest BCUT2D eigenvalue weighted by Gasteiger charge is 2.48. The third-order valence-electron chi connectivity index (χ3n) is 14.8. The van der Waals surface area contributed by atoms with Crippen molar-refractivity contribution < 1.29 is 4.11 Å². The number of nitrogens with zero attached hydrogens (tertiary/aromatic N) is 2. The fourth-order valence-corrected chi connectivity index (χ4v) is 11.6. The molecule has 2 nitrogen and oxygen atoms in total. The van der Waals surface area contributed by atoms with Gasteiger partial charge in [0.1, 0.15) is 0 Å². The first-order valence-corrected chi connectivity index (χ1v) is 23.8. The SMILES string of the molecule is [2H]C([2H])([2H])c1cc2c3c(c1)N(c1ccc(C(C)(C)C)cc1-c1ccccc1-c1ccccc1)c1cc4c(cc1B3c1ccc(C(C)(C)C)cc1N2c1cccc(C(C)(C)C)c1)C(C)(C)CC4(C)C. The number of benzene rings is 7. The molecule has 0 N–H and O–H groups in total. The predicted molar refractivity (Wildman–Crippen MR) is 283 cm³/mol. The van der Waals surface area contributed by atoms with Gasteiger partial charge in [-0.05, 0) is 155 Å². The van der Waals surface area contributed by atoms with Gasteiger partial charge in [-0.25, -0.2) is 0 Å². The van der Waals surface area contributed by atoms with E-state index in [2.05, 4.69) is 227 Å². The molecule has 65 heavy (non-hydrogen) atoms. The lowest BCUT2D eigenvalue weighted by Gasteiger charge is -2.46. The van der Waals surface area contributed by atoms with Gasteiger partial charge in [0.05, 0.1) is 5.69 Å². The Hall–Kier alpha value is -5.80. The molecule has 0 unspecified atom stereocenters. The first kappa shape index (κ1) is 39.6. The normalized spacial score (nSPS) is 16.8. The van der Waals surface area contributed by atoms with Gasteiger partial charge in [-0.2, -0.15) is 0 Å². The maximum atomic E-state index is 9.18. The molecule has 0 amide bonds. The predicted octanol–water partition coefficient (Wildman–Crippen LogP) is 15.3. The third-order valence-corrected chi connectivity index (χ3v) is 14.8. The van der Waals surface area contributed by atoms with Crippen LogP contribution in [0.15, 0.2) is 140 Å². The molecular weight excluding hydrogens is 784 g/mol. The maximum absolute atomic E-state index is 9.18. The summed E-state index contributed by atoms with van der Waals surface area (Å²) in [5, 5.41) is 0. The molecule has 0 fully saturated rings. The molecule has 2 aliphatic heterocycles. The van der Waals surface area contributed by atoms with Gasteiger partial charge in [0, 0.05) is 38.1 Å². The Morgan fingerprint density at radius 1 is 0.462 bits per heavy atom. The fraction of sp³-hybridized carbons (Fsp3) is 0.323. The molecule has 0 saturated heterocycles. The lowest BCUT2D eigenvalue weighted by molar-refractivity contribution is 0.403. The summed E-state index contributed by atoms with van der Waals surface area (Å²) in [7, 11) is 0.